The molecule has 0 amide bonds. The molecule has 0 atom stereocenters. The van der Waals surface area contributed by atoms with Gasteiger partial charge in [-0.25, -0.2) is 4.39 Å². The Hall–Kier alpha value is -0.650. The van der Waals surface area contributed by atoms with Crippen molar-refractivity contribution < 1.29 is 17.4 Å². The van der Waals surface area contributed by atoms with Crippen molar-refractivity contribution in [2.24, 2.45) is 0 Å². The van der Waals surface area contributed by atoms with E-state index in [1.165, 1.54) is 0 Å². The average Bonchev–Trinajstić information content (AvgIpc) is 1.92. The third-order valence-electron chi connectivity index (χ3n) is 1.19. The smallest absolute Gasteiger partial charge is 0.282 e. The van der Waals surface area contributed by atoms with Crippen molar-refractivity contribution >= 4 is 21.7 Å². The van der Waals surface area contributed by atoms with Gasteiger partial charge in [0.05, 0.1) is 9.92 Å². The minimum atomic E-state index is -4.29. The average molecular weight is 211 g/mol. The molecule has 1 rings (SSSR count). The van der Waals surface area contributed by atoms with Crippen LogP contribution in [0.3, 0.4) is 0 Å². The monoisotopic (exact) mass is 210 g/mol. The zero-order valence-electron chi connectivity index (χ0n) is 5.66. The Kier molecular flexibility index (Phi) is 2.36. The second-order valence-electron chi connectivity index (χ2n) is 2.05. The van der Waals surface area contributed by atoms with Gasteiger partial charge in [-0.1, -0.05) is 11.6 Å². The molecule has 0 aromatic heterocycles. The number of hydrogen-bond donors (Lipinski definition) is 1. The SMILES string of the molecule is O=S(=O)(O)c1ccc(F)c(Cl)c1. The van der Waals surface area contributed by atoms with Gasteiger partial charge in [0.2, 0.25) is 0 Å². The largest absolute Gasteiger partial charge is 0.294 e. The summed E-state index contributed by atoms with van der Waals surface area (Å²) in [5, 5.41) is -0.342. The van der Waals surface area contributed by atoms with E-state index in [1.807, 2.05) is 0 Å². The van der Waals surface area contributed by atoms with Crippen LogP contribution in [0.25, 0.3) is 0 Å². The van der Waals surface area contributed by atoms with Crippen molar-refractivity contribution in [3.63, 3.8) is 0 Å². The molecule has 66 valence electrons. The van der Waals surface area contributed by atoms with Crippen molar-refractivity contribution in [2.75, 3.05) is 0 Å². The highest BCUT2D eigenvalue weighted by Crippen LogP contribution is 2.18. The predicted molar refractivity (Wildman–Crippen MR) is 41.2 cm³/mol. The summed E-state index contributed by atoms with van der Waals surface area (Å²) in [5.41, 5.74) is 0. The summed E-state index contributed by atoms with van der Waals surface area (Å²) in [6.07, 6.45) is 0. The lowest BCUT2D eigenvalue weighted by molar-refractivity contribution is 0.483. The Bertz CT molecular complexity index is 401. The minimum absolute atomic E-state index is 0.342. The van der Waals surface area contributed by atoms with Gasteiger partial charge in [-0.2, -0.15) is 8.42 Å². The van der Waals surface area contributed by atoms with Crippen LogP contribution in [0.5, 0.6) is 0 Å². The first kappa shape index (κ1) is 9.44. The van der Waals surface area contributed by atoms with Crippen molar-refractivity contribution in [3.05, 3.63) is 29.0 Å². The second kappa shape index (κ2) is 3.01. The lowest BCUT2D eigenvalue weighted by Crippen LogP contribution is -1.97. The maximum atomic E-state index is 12.5. The maximum absolute atomic E-state index is 12.5. The fourth-order valence-corrected chi connectivity index (χ4v) is 1.39. The van der Waals surface area contributed by atoms with Crippen LogP contribution in [0.15, 0.2) is 23.1 Å². The Balaban J connectivity index is 3.33. The van der Waals surface area contributed by atoms with Crippen LogP contribution in [0.1, 0.15) is 0 Å². The molecule has 0 radical (unpaired) electrons. The molecular formula is C6H4ClFO3S. The van der Waals surface area contributed by atoms with Crippen molar-refractivity contribution in [1.82, 2.24) is 0 Å². The normalized spacial score (nSPS) is 11.6. The van der Waals surface area contributed by atoms with Gasteiger partial charge >= 0.3 is 0 Å². The van der Waals surface area contributed by atoms with Crippen LogP contribution >= 0.6 is 11.6 Å². The summed E-state index contributed by atoms with van der Waals surface area (Å²) in [6.45, 7) is 0. The first-order valence-corrected chi connectivity index (χ1v) is 4.65. The van der Waals surface area contributed by atoms with Crippen LogP contribution < -0.4 is 0 Å². The summed E-state index contributed by atoms with van der Waals surface area (Å²) in [7, 11) is -4.29. The summed E-state index contributed by atoms with van der Waals surface area (Å²) < 4.78 is 41.9. The molecule has 0 saturated carbocycles. The lowest BCUT2D eigenvalue weighted by Gasteiger charge is -1.97. The highest BCUT2D eigenvalue weighted by Gasteiger charge is 2.11. The molecule has 1 N–H and O–H groups in total. The van der Waals surface area contributed by atoms with Crippen LogP contribution in [0, 0.1) is 5.82 Å². The molecule has 3 nitrogen and oxygen atoms in total. The minimum Gasteiger partial charge on any atom is -0.282 e. The van der Waals surface area contributed by atoms with Gasteiger partial charge in [-0.3, -0.25) is 4.55 Å². The number of benzene rings is 1. The van der Waals surface area contributed by atoms with Crippen LogP contribution in [0.2, 0.25) is 5.02 Å². The molecule has 0 aliphatic carbocycles. The van der Waals surface area contributed by atoms with Gasteiger partial charge in [0.25, 0.3) is 10.1 Å². The van der Waals surface area contributed by atoms with E-state index in [-0.39, 0.29) is 5.02 Å². The van der Waals surface area contributed by atoms with Gasteiger partial charge in [0.15, 0.2) is 0 Å². The number of halogens is 2. The quantitative estimate of drug-likeness (QED) is 0.719. The van der Waals surface area contributed by atoms with Crippen LogP contribution in [-0.2, 0) is 10.1 Å². The maximum Gasteiger partial charge on any atom is 0.294 e. The van der Waals surface area contributed by atoms with Gasteiger partial charge in [-0.05, 0) is 18.2 Å². The second-order valence-corrected chi connectivity index (χ2v) is 3.88. The molecule has 0 spiro atoms. The zero-order chi connectivity index (χ0) is 9.35. The van der Waals surface area contributed by atoms with Gasteiger partial charge < -0.3 is 0 Å². The molecule has 0 fully saturated rings. The summed E-state index contributed by atoms with van der Waals surface area (Å²) >= 11 is 5.27. The molecule has 0 unspecified atom stereocenters. The molecular weight excluding hydrogens is 207 g/mol. The van der Waals surface area contributed by atoms with Crippen LogP contribution in [-0.4, -0.2) is 13.0 Å². The highest BCUT2D eigenvalue weighted by atomic mass is 35.5. The molecule has 0 aliphatic heterocycles. The molecule has 0 aliphatic rings. The third kappa shape index (κ3) is 1.94. The first-order chi connectivity index (χ1) is 5.41. The molecule has 0 saturated heterocycles. The summed E-state index contributed by atoms with van der Waals surface area (Å²) in [4.78, 5) is -0.422. The van der Waals surface area contributed by atoms with Gasteiger partial charge in [0.1, 0.15) is 5.82 Å². The van der Waals surface area contributed by atoms with E-state index in [0.29, 0.717) is 0 Å². The standard InChI is InChI=1S/C6H4ClFO3S/c7-5-3-4(12(9,10)11)1-2-6(5)8/h1-3H,(H,9,10,11). The number of rotatable bonds is 1. The van der Waals surface area contributed by atoms with Crippen molar-refractivity contribution in [2.45, 2.75) is 4.90 Å². The molecule has 0 heterocycles. The van der Waals surface area contributed by atoms with Gasteiger partial charge in [0, 0.05) is 0 Å². The van der Waals surface area contributed by atoms with E-state index >= 15 is 0 Å². The van der Waals surface area contributed by atoms with Crippen LogP contribution in [0.4, 0.5) is 4.39 Å². The summed E-state index contributed by atoms with van der Waals surface area (Å²) in [5.74, 6) is -0.732. The Labute approximate surface area is 73.5 Å². The Morgan fingerprint density at radius 3 is 2.42 bits per heavy atom. The summed E-state index contributed by atoms with van der Waals surface area (Å²) in [6, 6.07) is 2.63. The molecule has 1 aromatic rings. The Morgan fingerprint density at radius 1 is 1.42 bits per heavy atom. The van der Waals surface area contributed by atoms with E-state index in [1.54, 1.807) is 0 Å². The fourth-order valence-electron chi connectivity index (χ4n) is 0.637. The molecule has 12 heavy (non-hydrogen) atoms. The third-order valence-corrected chi connectivity index (χ3v) is 2.33. The van der Waals surface area contributed by atoms with Crippen molar-refractivity contribution in [3.8, 4) is 0 Å². The van der Waals surface area contributed by atoms with Crippen molar-refractivity contribution in [1.29, 1.82) is 0 Å². The highest BCUT2D eigenvalue weighted by molar-refractivity contribution is 7.85. The fraction of sp³-hybridized carbons (Fsp3) is 0. The molecule has 6 heteroatoms. The molecule has 1 aromatic carbocycles. The van der Waals surface area contributed by atoms with E-state index in [4.69, 9.17) is 16.2 Å². The van der Waals surface area contributed by atoms with E-state index in [2.05, 4.69) is 0 Å². The van der Waals surface area contributed by atoms with E-state index < -0.39 is 20.8 Å². The predicted octanol–water partition coefficient (Wildman–Crippen LogP) is 1.73. The lowest BCUT2D eigenvalue weighted by atomic mass is 10.3. The van der Waals surface area contributed by atoms with E-state index in [0.717, 1.165) is 18.2 Å². The number of hydrogen-bond acceptors (Lipinski definition) is 2. The zero-order valence-corrected chi connectivity index (χ0v) is 7.23. The Morgan fingerprint density at radius 2 is 2.00 bits per heavy atom. The first-order valence-electron chi connectivity index (χ1n) is 2.84. The van der Waals surface area contributed by atoms with Gasteiger partial charge in [-0.15, -0.1) is 0 Å². The molecule has 0 bridgehead atoms. The van der Waals surface area contributed by atoms with E-state index in [9.17, 15) is 12.8 Å². The topological polar surface area (TPSA) is 54.4 Å².